The van der Waals surface area contributed by atoms with E-state index in [2.05, 4.69) is 73.2 Å². The van der Waals surface area contributed by atoms with E-state index in [0.717, 1.165) is 6.54 Å². The third-order valence-corrected chi connectivity index (χ3v) is 5.40. The number of rotatable bonds is 4. The van der Waals surface area contributed by atoms with E-state index in [-0.39, 0.29) is 6.04 Å². The van der Waals surface area contributed by atoms with Gasteiger partial charge in [-0.1, -0.05) is 25.1 Å². The lowest BCUT2D eigenvalue weighted by molar-refractivity contribution is 0.637. The van der Waals surface area contributed by atoms with Crippen LogP contribution in [0.5, 0.6) is 0 Å². The number of nitrogens with one attached hydrogen (secondary N) is 1. The molecule has 0 fully saturated rings. The van der Waals surface area contributed by atoms with Gasteiger partial charge in [0.1, 0.15) is 0 Å². The highest BCUT2D eigenvalue weighted by atomic mass is 79.9. The van der Waals surface area contributed by atoms with E-state index in [4.69, 9.17) is 0 Å². The van der Waals surface area contributed by atoms with Gasteiger partial charge in [0.05, 0.1) is 6.04 Å². The molecule has 0 aliphatic rings. The Morgan fingerprint density at radius 1 is 1.16 bits per heavy atom. The first kappa shape index (κ1) is 14.8. The van der Waals surface area contributed by atoms with E-state index in [9.17, 15) is 0 Å². The van der Waals surface area contributed by atoms with Gasteiger partial charge in [0.2, 0.25) is 0 Å². The molecule has 0 amide bonds. The van der Waals surface area contributed by atoms with Gasteiger partial charge in [0.25, 0.3) is 0 Å². The van der Waals surface area contributed by atoms with Crippen molar-refractivity contribution in [2.24, 2.45) is 0 Å². The molecule has 0 bridgehead atoms. The summed E-state index contributed by atoms with van der Waals surface area (Å²) in [5, 5.41) is 3.60. The summed E-state index contributed by atoms with van der Waals surface area (Å²) in [6.45, 7) is 9.61. The predicted octanol–water partition coefficient (Wildman–Crippen LogP) is 5.13. The number of benzene rings is 1. The summed E-state index contributed by atoms with van der Waals surface area (Å²) in [6, 6.07) is 9.22. The first-order chi connectivity index (χ1) is 9.02. The predicted molar refractivity (Wildman–Crippen MR) is 88.2 cm³/mol. The quantitative estimate of drug-likeness (QED) is 0.814. The molecule has 1 unspecified atom stereocenters. The molecule has 1 aromatic carbocycles. The molecule has 0 aliphatic heterocycles. The van der Waals surface area contributed by atoms with Crippen molar-refractivity contribution >= 4 is 27.3 Å². The van der Waals surface area contributed by atoms with E-state index in [1.165, 1.54) is 30.9 Å². The van der Waals surface area contributed by atoms with Gasteiger partial charge >= 0.3 is 0 Å². The topological polar surface area (TPSA) is 12.0 Å². The van der Waals surface area contributed by atoms with Gasteiger partial charge in [0, 0.05) is 14.2 Å². The van der Waals surface area contributed by atoms with E-state index < -0.39 is 0 Å². The highest BCUT2D eigenvalue weighted by molar-refractivity contribution is 9.10. The van der Waals surface area contributed by atoms with Crippen molar-refractivity contribution in [3.05, 3.63) is 55.2 Å². The van der Waals surface area contributed by atoms with Gasteiger partial charge in [0.15, 0.2) is 0 Å². The second-order valence-electron chi connectivity index (χ2n) is 4.90. The highest BCUT2D eigenvalue weighted by Crippen LogP contribution is 2.36. The first-order valence-electron chi connectivity index (χ1n) is 6.59. The summed E-state index contributed by atoms with van der Waals surface area (Å²) in [5.41, 5.74) is 4.04. The molecule has 0 radical (unpaired) electrons. The van der Waals surface area contributed by atoms with E-state index in [1.807, 2.05) is 11.3 Å². The van der Waals surface area contributed by atoms with Crippen LogP contribution in [0.25, 0.3) is 0 Å². The van der Waals surface area contributed by atoms with E-state index in [0.29, 0.717) is 0 Å². The Balaban J connectivity index is 2.44. The highest BCUT2D eigenvalue weighted by Gasteiger charge is 2.18. The van der Waals surface area contributed by atoms with Crippen molar-refractivity contribution in [1.82, 2.24) is 5.32 Å². The monoisotopic (exact) mass is 337 g/mol. The Morgan fingerprint density at radius 2 is 1.89 bits per heavy atom. The number of thiophene rings is 1. The molecule has 0 spiro atoms. The largest absolute Gasteiger partial charge is 0.306 e. The lowest BCUT2D eigenvalue weighted by atomic mass is 10.00. The number of halogens is 1. The minimum atomic E-state index is 0.275. The zero-order valence-electron chi connectivity index (χ0n) is 11.9. The Morgan fingerprint density at radius 3 is 2.42 bits per heavy atom. The van der Waals surface area contributed by atoms with Crippen molar-refractivity contribution < 1.29 is 0 Å². The zero-order valence-corrected chi connectivity index (χ0v) is 14.3. The van der Waals surface area contributed by atoms with E-state index in [1.54, 1.807) is 0 Å². The fraction of sp³-hybridized carbons (Fsp3) is 0.375. The molecule has 3 heteroatoms. The van der Waals surface area contributed by atoms with Gasteiger partial charge in [-0.2, -0.15) is 0 Å². The van der Waals surface area contributed by atoms with Crippen molar-refractivity contribution in [3.8, 4) is 0 Å². The molecular weight excluding hydrogens is 318 g/mol. The lowest BCUT2D eigenvalue weighted by Gasteiger charge is -2.19. The summed E-state index contributed by atoms with van der Waals surface area (Å²) in [5.74, 6) is 0. The van der Waals surface area contributed by atoms with Crippen LogP contribution in [-0.2, 0) is 0 Å². The molecule has 1 aromatic heterocycles. The molecule has 0 aliphatic carbocycles. The number of aryl methyl sites for hydroxylation is 3. The molecular formula is C16H20BrNS. The maximum absolute atomic E-state index is 3.69. The van der Waals surface area contributed by atoms with E-state index >= 15 is 0 Å². The van der Waals surface area contributed by atoms with Crippen LogP contribution in [0.2, 0.25) is 0 Å². The third kappa shape index (κ3) is 3.28. The minimum absolute atomic E-state index is 0.275. The van der Waals surface area contributed by atoms with Crippen LogP contribution in [-0.4, -0.2) is 6.54 Å². The molecule has 2 aromatic rings. The fourth-order valence-corrected chi connectivity index (χ4v) is 4.19. The Kier molecular flexibility index (Phi) is 4.82. The molecule has 19 heavy (non-hydrogen) atoms. The van der Waals surface area contributed by atoms with Crippen molar-refractivity contribution in [1.29, 1.82) is 0 Å². The standard InChI is InChI=1S/C16H20BrNS/c1-5-18-15(16-14(17)9-12(4)19-16)13-7-6-10(2)11(3)8-13/h6-9,15,18H,5H2,1-4H3. The molecule has 0 saturated carbocycles. The smallest absolute Gasteiger partial charge is 0.0682 e. The Labute approximate surface area is 128 Å². The molecule has 1 N–H and O–H groups in total. The van der Waals surface area contributed by atoms with Crippen molar-refractivity contribution in [2.75, 3.05) is 6.54 Å². The van der Waals surface area contributed by atoms with Crippen molar-refractivity contribution in [3.63, 3.8) is 0 Å². The maximum Gasteiger partial charge on any atom is 0.0682 e. The lowest BCUT2D eigenvalue weighted by Crippen LogP contribution is -2.21. The molecule has 2 rings (SSSR count). The van der Waals surface area contributed by atoms with Crippen LogP contribution in [0.1, 0.15) is 39.4 Å². The first-order valence-corrected chi connectivity index (χ1v) is 8.20. The van der Waals surface area contributed by atoms with Crippen LogP contribution in [0.4, 0.5) is 0 Å². The van der Waals surface area contributed by atoms with Crippen LogP contribution in [0.3, 0.4) is 0 Å². The summed E-state index contributed by atoms with van der Waals surface area (Å²) in [4.78, 5) is 2.70. The summed E-state index contributed by atoms with van der Waals surface area (Å²) in [6.07, 6.45) is 0. The Hall–Kier alpha value is -0.640. The molecule has 102 valence electrons. The second kappa shape index (κ2) is 6.21. The number of hydrogen-bond donors (Lipinski definition) is 1. The SMILES string of the molecule is CCNC(c1ccc(C)c(C)c1)c1sc(C)cc1Br. The van der Waals surface area contributed by atoms with Crippen molar-refractivity contribution in [2.45, 2.75) is 33.7 Å². The maximum atomic E-state index is 3.69. The van der Waals surface area contributed by atoms with Gasteiger partial charge in [-0.15, -0.1) is 11.3 Å². The molecule has 1 atom stereocenters. The minimum Gasteiger partial charge on any atom is -0.306 e. The van der Waals surface area contributed by atoms with Gasteiger partial charge in [-0.25, -0.2) is 0 Å². The average molecular weight is 338 g/mol. The van der Waals surface area contributed by atoms with Crippen LogP contribution in [0.15, 0.2) is 28.7 Å². The second-order valence-corrected chi connectivity index (χ2v) is 7.05. The zero-order chi connectivity index (χ0) is 14.0. The normalized spacial score (nSPS) is 12.7. The molecule has 1 heterocycles. The fourth-order valence-electron chi connectivity index (χ4n) is 2.21. The van der Waals surface area contributed by atoms with Crippen LogP contribution < -0.4 is 5.32 Å². The van der Waals surface area contributed by atoms with Crippen LogP contribution in [0, 0.1) is 20.8 Å². The summed E-state index contributed by atoms with van der Waals surface area (Å²) >= 11 is 5.55. The molecule has 1 nitrogen and oxygen atoms in total. The number of hydrogen-bond acceptors (Lipinski definition) is 2. The average Bonchev–Trinajstić information content (AvgIpc) is 2.69. The summed E-state index contributed by atoms with van der Waals surface area (Å²) < 4.78 is 1.21. The molecule has 0 saturated heterocycles. The Bertz CT molecular complexity index is 574. The van der Waals surface area contributed by atoms with Gasteiger partial charge in [-0.05, 0) is 66.0 Å². The summed E-state index contributed by atoms with van der Waals surface area (Å²) in [7, 11) is 0. The van der Waals surface area contributed by atoms with Crippen LogP contribution >= 0.6 is 27.3 Å². The van der Waals surface area contributed by atoms with Gasteiger partial charge in [-0.3, -0.25) is 0 Å². The third-order valence-electron chi connectivity index (χ3n) is 3.37. The van der Waals surface area contributed by atoms with Gasteiger partial charge < -0.3 is 5.32 Å².